The summed E-state index contributed by atoms with van der Waals surface area (Å²) >= 11 is 0. The molecule has 3 aromatic rings. The molecule has 0 bridgehead atoms. The third kappa shape index (κ3) is 2.81. The van der Waals surface area contributed by atoms with Gasteiger partial charge in [0.15, 0.2) is 11.5 Å². The first-order chi connectivity index (χ1) is 10.3. The average molecular weight is 281 g/mol. The molecule has 108 valence electrons. The van der Waals surface area contributed by atoms with Crippen molar-refractivity contribution in [3.63, 3.8) is 0 Å². The van der Waals surface area contributed by atoms with Crippen molar-refractivity contribution >= 4 is 17.3 Å². The molecule has 0 spiro atoms. The molecule has 0 fully saturated rings. The van der Waals surface area contributed by atoms with E-state index in [1.165, 1.54) is 11.1 Å². The number of fused-ring (bicyclic) bond motifs is 1. The van der Waals surface area contributed by atoms with Gasteiger partial charge in [0.25, 0.3) is 0 Å². The van der Waals surface area contributed by atoms with Crippen molar-refractivity contribution in [2.24, 2.45) is 0 Å². The van der Waals surface area contributed by atoms with Crippen LogP contribution in [0.4, 0.5) is 11.6 Å². The van der Waals surface area contributed by atoms with E-state index >= 15 is 0 Å². The Morgan fingerprint density at radius 1 is 1.24 bits per heavy atom. The van der Waals surface area contributed by atoms with Gasteiger partial charge in [-0.1, -0.05) is 24.3 Å². The Kier molecular flexibility index (Phi) is 3.73. The quantitative estimate of drug-likeness (QED) is 0.755. The van der Waals surface area contributed by atoms with Crippen molar-refractivity contribution in [3.05, 3.63) is 54.0 Å². The van der Waals surface area contributed by atoms with Crippen LogP contribution in [-0.2, 0) is 6.42 Å². The minimum atomic E-state index is 0.806. The Balaban J connectivity index is 1.76. The summed E-state index contributed by atoms with van der Waals surface area (Å²) in [5.74, 6) is 1.62. The minimum Gasteiger partial charge on any atom is -0.372 e. The van der Waals surface area contributed by atoms with Gasteiger partial charge in [-0.3, -0.25) is 0 Å². The SMILES string of the molecule is CNc1cn2ccnc2c(NCCc2ccccc2C)n1. The van der Waals surface area contributed by atoms with Crippen molar-refractivity contribution in [1.82, 2.24) is 14.4 Å². The highest BCUT2D eigenvalue weighted by molar-refractivity contribution is 5.65. The second kappa shape index (κ2) is 5.83. The summed E-state index contributed by atoms with van der Waals surface area (Å²) in [5.41, 5.74) is 3.52. The largest absolute Gasteiger partial charge is 0.372 e. The zero-order chi connectivity index (χ0) is 14.7. The normalized spacial score (nSPS) is 10.8. The first kappa shape index (κ1) is 13.4. The molecule has 0 unspecified atom stereocenters. The molecule has 0 saturated carbocycles. The fourth-order valence-electron chi connectivity index (χ4n) is 2.38. The van der Waals surface area contributed by atoms with E-state index < -0.39 is 0 Å². The van der Waals surface area contributed by atoms with Gasteiger partial charge in [0.2, 0.25) is 0 Å². The first-order valence-electron chi connectivity index (χ1n) is 7.08. The van der Waals surface area contributed by atoms with Crippen molar-refractivity contribution in [2.45, 2.75) is 13.3 Å². The molecule has 5 heteroatoms. The zero-order valence-electron chi connectivity index (χ0n) is 12.3. The third-order valence-corrected chi connectivity index (χ3v) is 3.58. The number of benzene rings is 1. The summed E-state index contributed by atoms with van der Waals surface area (Å²) in [5, 5.41) is 6.46. The molecule has 3 rings (SSSR count). The van der Waals surface area contributed by atoms with Crippen LogP contribution in [0, 0.1) is 6.92 Å². The van der Waals surface area contributed by atoms with Gasteiger partial charge in [0.05, 0.1) is 6.20 Å². The van der Waals surface area contributed by atoms with Crippen molar-refractivity contribution in [3.8, 4) is 0 Å². The van der Waals surface area contributed by atoms with Crippen LogP contribution in [0.5, 0.6) is 0 Å². The Morgan fingerprint density at radius 2 is 2.10 bits per heavy atom. The molecule has 0 saturated heterocycles. The Hall–Kier alpha value is -2.56. The van der Waals surface area contributed by atoms with Crippen LogP contribution in [0.25, 0.3) is 5.65 Å². The number of aryl methyl sites for hydroxylation is 1. The predicted molar refractivity (Wildman–Crippen MR) is 85.9 cm³/mol. The topological polar surface area (TPSA) is 54.2 Å². The fraction of sp³-hybridized carbons (Fsp3) is 0.250. The van der Waals surface area contributed by atoms with E-state index in [4.69, 9.17) is 0 Å². The van der Waals surface area contributed by atoms with Gasteiger partial charge in [0, 0.05) is 26.0 Å². The van der Waals surface area contributed by atoms with Gasteiger partial charge in [-0.25, -0.2) is 9.97 Å². The summed E-state index contributed by atoms with van der Waals surface area (Å²) in [4.78, 5) is 8.89. The second-order valence-electron chi connectivity index (χ2n) is 4.99. The van der Waals surface area contributed by atoms with Crippen LogP contribution in [0.3, 0.4) is 0 Å². The fourth-order valence-corrected chi connectivity index (χ4v) is 2.38. The van der Waals surface area contributed by atoms with Crippen LogP contribution in [0.1, 0.15) is 11.1 Å². The molecule has 5 nitrogen and oxygen atoms in total. The maximum Gasteiger partial charge on any atom is 0.180 e. The van der Waals surface area contributed by atoms with E-state index in [0.29, 0.717) is 0 Å². The van der Waals surface area contributed by atoms with Gasteiger partial charge in [-0.15, -0.1) is 0 Å². The molecule has 2 heterocycles. The van der Waals surface area contributed by atoms with Gasteiger partial charge >= 0.3 is 0 Å². The highest BCUT2D eigenvalue weighted by atomic mass is 15.1. The van der Waals surface area contributed by atoms with Crippen LogP contribution in [-0.4, -0.2) is 28.0 Å². The van der Waals surface area contributed by atoms with Crippen molar-refractivity contribution in [1.29, 1.82) is 0 Å². The molecule has 0 radical (unpaired) electrons. The highest BCUT2D eigenvalue weighted by Gasteiger charge is 2.06. The van der Waals surface area contributed by atoms with E-state index in [1.807, 2.05) is 23.8 Å². The maximum absolute atomic E-state index is 4.54. The van der Waals surface area contributed by atoms with E-state index in [0.717, 1.165) is 30.2 Å². The van der Waals surface area contributed by atoms with Crippen LogP contribution >= 0.6 is 0 Å². The molecule has 1 aromatic carbocycles. The monoisotopic (exact) mass is 281 g/mol. The standard InChI is InChI=1S/C16H19N5/c1-12-5-3-4-6-13(12)7-8-18-15-16-19-9-10-21(16)11-14(17-2)20-15/h3-6,9-11,17H,7-8H2,1-2H3,(H,18,20). The van der Waals surface area contributed by atoms with Crippen LogP contribution in [0.15, 0.2) is 42.9 Å². The molecular weight excluding hydrogens is 262 g/mol. The first-order valence-corrected chi connectivity index (χ1v) is 7.08. The predicted octanol–water partition coefficient (Wildman–Crippen LogP) is 2.73. The Labute approximate surface area is 124 Å². The average Bonchev–Trinajstić information content (AvgIpc) is 2.97. The molecule has 0 aliphatic rings. The zero-order valence-corrected chi connectivity index (χ0v) is 12.3. The number of nitrogens with zero attached hydrogens (tertiary/aromatic N) is 3. The van der Waals surface area contributed by atoms with Crippen molar-refractivity contribution in [2.75, 3.05) is 24.2 Å². The lowest BCUT2D eigenvalue weighted by molar-refractivity contribution is 0.987. The molecule has 21 heavy (non-hydrogen) atoms. The molecule has 0 amide bonds. The van der Waals surface area contributed by atoms with Gasteiger partial charge in [-0.05, 0) is 24.5 Å². The molecule has 2 N–H and O–H groups in total. The lowest BCUT2D eigenvalue weighted by atomic mass is 10.1. The Morgan fingerprint density at radius 3 is 2.90 bits per heavy atom. The van der Waals surface area contributed by atoms with Gasteiger partial charge < -0.3 is 15.0 Å². The number of rotatable bonds is 5. The lowest BCUT2D eigenvalue weighted by Gasteiger charge is -2.10. The molecular formula is C16H19N5. The smallest absolute Gasteiger partial charge is 0.180 e. The maximum atomic E-state index is 4.54. The number of aromatic nitrogens is 3. The van der Waals surface area contributed by atoms with E-state index in [-0.39, 0.29) is 0 Å². The molecule has 0 atom stereocenters. The van der Waals surface area contributed by atoms with Crippen LogP contribution in [0.2, 0.25) is 0 Å². The minimum absolute atomic E-state index is 0.806. The molecule has 0 aliphatic carbocycles. The van der Waals surface area contributed by atoms with E-state index in [9.17, 15) is 0 Å². The summed E-state index contributed by atoms with van der Waals surface area (Å²) in [6, 6.07) is 8.45. The van der Waals surface area contributed by atoms with Crippen molar-refractivity contribution < 1.29 is 0 Å². The van der Waals surface area contributed by atoms with Gasteiger partial charge in [0.1, 0.15) is 5.82 Å². The van der Waals surface area contributed by atoms with E-state index in [2.05, 4.69) is 51.8 Å². The number of anilines is 2. The molecule has 0 aliphatic heterocycles. The second-order valence-corrected chi connectivity index (χ2v) is 4.99. The van der Waals surface area contributed by atoms with E-state index in [1.54, 1.807) is 6.20 Å². The summed E-state index contributed by atoms with van der Waals surface area (Å²) in [6.07, 6.45) is 6.59. The highest BCUT2D eigenvalue weighted by Crippen LogP contribution is 2.16. The van der Waals surface area contributed by atoms with Gasteiger partial charge in [-0.2, -0.15) is 0 Å². The summed E-state index contributed by atoms with van der Waals surface area (Å²) in [6.45, 7) is 2.97. The lowest BCUT2D eigenvalue weighted by Crippen LogP contribution is -2.10. The summed E-state index contributed by atoms with van der Waals surface area (Å²) in [7, 11) is 1.86. The number of nitrogens with one attached hydrogen (secondary N) is 2. The Bertz CT molecular complexity index is 747. The number of hydrogen-bond acceptors (Lipinski definition) is 4. The number of imidazole rings is 1. The van der Waals surface area contributed by atoms with Crippen LogP contribution < -0.4 is 10.6 Å². The number of hydrogen-bond donors (Lipinski definition) is 2. The third-order valence-electron chi connectivity index (χ3n) is 3.58. The summed E-state index contributed by atoms with van der Waals surface area (Å²) < 4.78 is 1.97. The molecule has 2 aromatic heterocycles.